The number of fused-ring (bicyclic) bond motifs is 1. The van der Waals surface area contributed by atoms with Gasteiger partial charge in [-0.15, -0.1) is 0 Å². The maximum Gasteiger partial charge on any atom is 0.225 e. The lowest BCUT2D eigenvalue weighted by Gasteiger charge is -2.32. The summed E-state index contributed by atoms with van der Waals surface area (Å²) < 4.78 is 2.16. The summed E-state index contributed by atoms with van der Waals surface area (Å²) in [5, 5.41) is 5.80. The molecule has 2 aromatic rings. The molecule has 0 radical (unpaired) electrons. The summed E-state index contributed by atoms with van der Waals surface area (Å²) in [5.74, 6) is 0.726. The van der Waals surface area contributed by atoms with Gasteiger partial charge in [0.2, 0.25) is 5.91 Å². The number of hydrogen-bond donors (Lipinski definition) is 0. The molecule has 1 saturated carbocycles. The Hall–Kier alpha value is -1.84. The molecule has 2 aliphatic rings. The Bertz CT molecular complexity index is 678. The summed E-state index contributed by atoms with van der Waals surface area (Å²) >= 11 is 0. The first-order valence-electron chi connectivity index (χ1n) is 7.95. The van der Waals surface area contributed by atoms with Gasteiger partial charge in [-0.2, -0.15) is 5.10 Å². The second kappa shape index (κ2) is 4.86. The largest absolute Gasteiger partial charge is 0.342 e. The SMILES string of the molecule is Cc1ccc2c(cnn2C2CCN(C(=O)C3CC3)CC2)c1. The average molecular weight is 283 g/mol. The van der Waals surface area contributed by atoms with Crippen LogP contribution in [0.15, 0.2) is 24.4 Å². The Morgan fingerprint density at radius 2 is 1.95 bits per heavy atom. The van der Waals surface area contributed by atoms with Crippen molar-refractivity contribution < 1.29 is 4.79 Å². The van der Waals surface area contributed by atoms with Crippen molar-refractivity contribution in [2.45, 2.75) is 38.6 Å². The van der Waals surface area contributed by atoms with Crippen LogP contribution >= 0.6 is 0 Å². The Labute approximate surface area is 124 Å². The Balaban J connectivity index is 1.50. The highest BCUT2D eigenvalue weighted by Crippen LogP contribution is 2.33. The molecule has 4 rings (SSSR count). The van der Waals surface area contributed by atoms with Gasteiger partial charge in [0.25, 0.3) is 0 Å². The number of rotatable bonds is 2. The van der Waals surface area contributed by atoms with Crippen LogP contribution in [0.25, 0.3) is 10.9 Å². The fraction of sp³-hybridized carbons (Fsp3) is 0.529. The molecular formula is C17H21N3O. The molecule has 2 fully saturated rings. The van der Waals surface area contributed by atoms with Gasteiger partial charge in [-0.1, -0.05) is 11.6 Å². The molecule has 21 heavy (non-hydrogen) atoms. The van der Waals surface area contributed by atoms with Crippen molar-refractivity contribution >= 4 is 16.8 Å². The zero-order chi connectivity index (χ0) is 14.4. The Kier molecular flexibility index (Phi) is 2.98. The molecular weight excluding hydrogens is 262 g/mol. The molecule has 0 unspecified atom stereocenters. The van der Waals surface area contributed by atoms with E-state index in [9.17, 15) is 4.79 Å². The van der Waals surface area contributed by atoms with Gasteiger partial charge in [0, 0.05) is 24.4 Å². The Morgan fingerprint density at radius 1 is 1.19 bits per heavy atom. The molecule has 0 N–H and O–H groups in total. The minimum atomic E-state index is 0.343. The number of carbonyl (C=O) groups excluding carboxylic acids is 1. The molecule has 1 aliphatic heterocycles. The number of aromatic nitrogens is 2. The monoisotopic (exact) mass is 283 g/mol. The van der Waals surface area contributed by atoms with Crippen molar-refractivity contribution in [1.29, 1.82) is 0 Å². The average Bonchev–Trinajstić information content (AvgIpc) is 3.27. The molecule has 1 aliphatic carbocycles. The van der Waals surface area contributed by atoms with Crippen LogP contribution in [0.4, 0.5) is 0 Å². The zero-order valence-corrected chi connectivity index (χ0v) is 12.5. The highest BCUT2D eigenvalue weighted by Gasteiger charge is 2.35. The molecule has 0 atom stereocenters. The van der Waals surface area contributed by atoms with E-state index in [0.717, 1.165) is 38.8 Å². The standard InChI is InChI=1S/C17H21N3O/c1-12-2-5-16-14(10-12)11-18-20(16)15-6-8-19(9-7-15)17(21)13-3-4-13/h2,5,10-11,13,15H,3-4,6-9H2,1H3. The molecule has 4 nitrogen and oxygen atoms in total. The summed E-state index contributed by atoms with van der Waals surface area (Å²) in [7, 11) is 0. The number of benzene rings is 1. The Morgan fingerprint density at radius 3 is 2.67 bits per heavy atom. The third-order valence-electron chi connectivity index (χ3n) is 4.80. The number of carbonyl (C=O) groups is 1. The van der Waals surface area contributed by atoms with Gasteiger partial charge in [0.05, 0.1) is 17.8 Å². The van der Waals surface area contributed by atoms with Crippen molar-refractivity contribution in [1.82, 2.24) is 14.7 Å². The molecule has 0 spiro atoms. The van der Waals surface area contributed by atoms with Gasteiger partial charge in [-0.3, -0.25) is 9.48 Å². The molecule has 2 heterocycles. The highest BCUT2D eigenvalue weighted by molar-refractivity contribution is 5.81. The van der Waals surface area contributed by atoms with Crippen molar-refractivity contribution in [3.63, 3.8) is 0 Å². The van der Waals surface area contributed by atoms with Crippen LogP contribution in [-0.4, -0.2) is 33.7 Å². The highest BCUT2D eigenvalue weighted by atomic mass is 16.2. The summed E-state index contributed by atoms with van der Waals surface area (Å²) in [5.41, 5.74) is 2.49. The summed E-state index contributed by atoms with van der Waals surface area (Å²) in [4.78, 5) is 14.2. The van der Waals surface area contributed by atoms with Gasteiger partial charge >= 0.3 is 0 Å². The first kappa shape index (κ1) is 12.9. The zero-order valence-electron chi connectivity index (χ0n) is 12.5. The third-order valence-corrected chi connectivity index (χ3v) is 4.80. The van der Waals surface area contributed by atoms with Crippen LogP contribution in [0.5, 0.6) is 0 Å². The van der Waals surface area contributed by atoms with E-state index < -0.39 is 0 Å². The molecule has 1 aromatic heterocycles. The number of likely N-dealkylation sites (tertiary alicyclic amines) is 1. The van der Waals surface area contributed by atoms with Crippen LogP contribution in [0.1, 0.15) is 37.3 Å². The van der Waals surface area contributed by atoms with E-state index in [1.54, 1.807) is 0 Å². The fourth-order valence-electron chi connectivity index (χ4n) is 3.38. The number of nitrogens with zero attached hydrogens (tertiary/aromatic N) is 3. The minimum Gasteiger partial charge on any atom is -0.342 e. The molecule has 4 heteroatoms. The van der Waals surface area contributed by atoms with Gasteiger partial charge in [0.15, 0.2) is 0 Å². The van der Waals surface area contributed by atoms with Gasteiger partial charge in [0.1, 0.15) is 0 Å². The van der Waals surface area contributed by atoms with E-state index in [4.69, 9.17) is 0 Å². The predicted octanol–water partition coefficient (Wildman–Crippen LogP) is 2.92. The van der Waals surface area contributed by atoms with Crippen LogP contribution in [0.2, 0.25) is 0 Å². The molecule has 110 valence electrons. The number of hydrogen-bond acceptors (Lipinski definition) is 2. The lowest BCUT2D eigenvalue weighted by molar-refractivity contribution is -0.133. The number of amides is 1. The molecule has 0 bridgehead atoms. The van der Waals surface area contributed by atoms with E-state index in [-0.39, 0.29) is 0 Å². The van der Waals surface area contributed by atoms with Crippen molar-refractivity contribution in [3.8, 4) is 0 Å². The van der Waals surface area contributed by atoms with E-state index >= 15 is 0 Å². The van der Waals surface area contributed by atoms with Gasteiger partial charge in [-0.25, -0.2) is 0 Å². The van der Waals surface area contributed by atoms with Crippen LogP contribution in [0, 0.1) is 12.8 Å². The van der Waals surface area contributed by atoms with E-state index in [1.807, 2.05) is 6.20 Å². The van der Waals surface area contributed by atoms with E-state index in [0.29, 0.717) is 17.9 Å². The maximum atomic E-state index is 12.1. The number of aryl methyl sites for hydroxylation is 1. The van der Waals surface area contributed by atoms with E-state index in [2.05, 4.69) is 39.8 Å². The van der Waals surface area contributed by atoms with Crippen LogP contribution < -0.4 is 0 Å². The first-order chi connectivity index (χ1) is 10.2. The van der Waals surface area contributed by atoms with Crippen molar-refractivity contribution in [2.75, 3.05) is 13.1 Å². The lowest BCUT2D eigenvalue weighted by atomic mass is 10.0. The molecule has 1 amide bonds. The summed E-state index contributed by atoms with van der Waals surface area (Å²) in [6.45, 7) is 3.87. The topological polar surface area (TPSA) is 38.1 Å². The van der Waals surface area contributed by atoms with E-state index in [1.165, 1.54) is 16.5 Å². The quantitative estimate of drug-likeness (QED) is 0.850. The van der Waals surface area contributed by atoms with Crippen LogP contribution in [0.3, 0.4) is 0 Å². The predicted molar refractivity (Wildman–Crippen MR) is 82.0 cm³/mol. The minimum absolute atomic E-state index is 0.343. The smallest absolute Gasteiger partial charge is 0.225 e. The lowest BCUT2D eigenvalue weighted by Crippen LogP contribution is -2.40. The molecule has 1 saturated heterocycles. The van der Waals surface area contributed by atoms with Crippen molar-refractivity contribution in [3.05, 3.63) is 30.0 Å². The molecule has 1 aromatic carbocycles. The van der Waals surface area contributed by atoms with Crippen LogP contribution in [-0.2, 0) is 4.79 Å². The summed E-state index contributed by atoms with van der Waals surface area (Å²) in [6, 6.07) is 6.92. The normalized spacial score (nSPS) is 20.1. The second-order valence-corrected chi connectivity index (χ2v) is 6.48. The van der Waals surface area contributed by atoms with Crippen molar-refractivity contribution in [2.24, 2.45) is 5.92 Å². The second-order valence-electron chi connectivity index (χ2n) is 6.48. The third kappa shape index (κ3) is 2.33. The first-order valence-corrected chi connectivity index (χ1v) is 7.95. The van der Waals surface area contributed by atoms with Gasteiger partial charge in [-0.05, 0) is 44.7 Å². The number of piperidine rings is 1. The van der Waals surface area contributed by atoms with Gasteiger partial charge < -0.3 is 4.90 Å². The summed E-state index contributed by atoms with van der Waals surface area (Å²) in [6.07, 6.45) is 6.19. The fourth-order valence-corrected chi connectivity index (χ4v) is 3.38. The maximum absolute atomic E-state index is 12.1.